The normalized spacial score (nSPS) is 12.2. The number of hydrogen-bond acceptors (Lipinski definition) is 3. The van der Waals surface area contributed by atoms with Gasteiger partial charge in [-0.2, -0.15) is 0 Å². The van der Waals surface area contributed by atoms with Crippen LogP contribution in [0.1, 0.15) is 30.6 Å². The SMILES string of the molecule is CC(C)C[C@H](NC(=O)c1ccc(N)cc1)C(=O)O. The third-order valence-electron chi connectivity index (χ3n) is 2.48. The minimum atomic E-state index is -1.02. The van der Waals surface area contributed by atoms with E-state index in [2.05, 4.69) is 5.32 Å². The van der Waals surface area contributed by atoms with Gasteiger partial charge >= 0.3 is 5.97 Å². The van der Waals surface area contributed by atoms with E-state index in [1.807, 2.05) is 13.8 Å². The van der Waals surface area contributed by atoms with Crippen LogP contribution < -0.4 is 11.1 Å². The molecule has 0 aliphatic rings. The zero-order chi connectivity index (χ0) is 13.7. The Hall–Kier alpha value is -2.04. The van der Waals surface area contributed by atoms with Gasteiger partial charge in [0.15, 0.2) is 0 Å². The summed E-state index contributed by atoms with van der Waals surface area (Å²) in [6.07, 6.45) is 0.399. The summed E-state index contributed by atoms with van der Waals surface area (Å²) < 4.78 is 0. The fourth-order valence-corrected chi connectivity index (χ4v) is 1.57. The first-order valence-corrected chi connectivity index (χ1v) is 5.79. The first kappa shape index (κ1) is 14.0. The van der Waals surface area contributed by atoms with E-state index in [9.17, 15) is 9.59 Å². The minimum Gasteiger partial charge on any atom is -0.480 e. The second kappa shape index (κ2) is 6.05. The molecule has 5 heteroatoms. The van der Waals surface area contributed by atoms with Gasteiger partial charge in [-0.1, -0.05) is 13.8 Å². The average molecular weight is 250 g/mol. The number of carbonyl (C=O) groups is 2. The lowest BCUT2D eigenvalue weighted by Gasteiger charge is -2.16. The largest absolute Gasteiger partial charge is 0.480 e. The highest BCUT2D eigenvalue weighted by Gasteiger charge is 2.21. The first-order chi connectivity index (χ1) is 8.40. The van der Waals surface area contributed by atoms with Crippen LogP contribution in [0.5, 0.6) is 0 Å². The number of aliphatic carboxylic acids is 1. The molecule has 0 aromatic heterocycles. The molecule has 0 unspecified atom stereocenters. The molecule has 0 fully saturated rings. The molecular weight excluding hydrogens is 232 g/mol. The van der Waals surface area contributed by atoms with Gasteiger partial charge in [0.05, 0.1) is 0 Å². The van der Waals surface area contributed by atoms with Crippen LogP contribution in [0.25, 0.3) is 0 Å². The second-order valence-corrected chi connectivity index (χ2v) is 4.62. The number of rotatable bonds is 5. The van der Waals surface area contributed by atoms with Crippen molar-refractivity contribution >= 4 is 17.6 Å². The van der Waals surface area contributed by atoms with Crippen LogP contribution >= 0.6 is 0 Å². The highest BCUT2D eigenvalue weighted by molar-refractivity contribution is 5.96. The van der Waals surface area contributed by atoms with Gasteiger partial charge in [0.1, 0.15) is 6.04 Å². The van der Waals surface area contributed by atoms with E-state index >= 15 is 0 Å². The van der Waals surface area contributed by atoms with Gasteiger partial charge in [-0.05, 0) is 36.6 Å². The molecule has 4 N–H and O–H groups in total. The number of nitrogens with one attached hydrogen (secondary N) is 1. The molecule has 0 radical (unpaired) electrons. The molecule has 0 heterocycles. The number of benzene rings is 1. The summed E-state index contributed by atoms with van der Waals surface area (Å²) in [5.74, 6) is -1.23. The number of hydrogen-bond donors (Lipinski definition) is 3. The molecule has 1 aromatic rings. The van der Waals surface area contributed by atoms with E-state index in [4.69, 9.17) is 10.8 Å². The summed E-state index contributed by atoms with van der Waals surface area (Å²) >= 11 is 0. The van der Waals surface area contributed by atoms with Gasteiger partial charge in [-0.15, -0.1) is 0 Å². The van der Waals surface area contributed by atoms with Crippen molar-refractivity contribution in [1.82, 2.24) is 5.32 Å². The smallest absolute Gasteiger partial charge is 0.326 e. The Kier molecular flexibility index (Phi) is 4.71. The third-order valence-corrected chi connectivity index (χ3v) is 2.48. The summed E-state index contributed by atoms with van der Waals surface area (Å²) in [5.41, 5.74) is 6.48. The van der Waals surface area contributed by atoms with Crippen LogP contribution in [0.3, 0.4) is 0 Å². The lowest BCUT2D eigenvalue weighted by Crippen LogP contribution is -2.41. The van der Waals surface area contributed by atoms with Gasteiger partial charge in [0, 0.05) is 11.3 Å². The molecule has 1 rings (SSSR count). The van der Waals surface area contributed by atoms with E-state index in [0.29, 0.717) is 17.7 Å². The highest BCUT2D eigenvalue weighted by atomic mass is 16.4. The Morgan fingerprint density at radius 1 is 1.28 bits per heavy atom. The Morgan fingerprint density at radius 2 is 1.83 bits per heavy atom. The van der Waals surface area contributed by atoms with Crippen LogP contribution in [-0.4, -0.2) is 23.0 Å². The van der Waals surface area contributed by atoms with Crippen LogP contribution in [0, 0.1) is 5.92 Å². The lowest BCUT2D eigenvalue weighted by atomic mass is 10.0. The topological polar surface area (TPSA) is 92.4 Å². The maximum atomic E-state index is 11.8. The number of carbonyl (C=O) groups excluding carboxylic acids is 1. The summed E-state index contributed by atoms with van der Waals surface area (Å²) in [5, 5.41) is 11.5. The number of amides is 1. The van der Waals surface area contributed by atoms with Crippen LogP contribution in [-0.2, 0) is 4.79 Å². The quantitative estimate of drug-likeness (QED) is 0.690. The molecule has 0 aliphatic carbocycles. The van der Waals surface area contributed by atoms with E-state index in [0.717, 1.165) is 0 Å². The zero-order valence-corrected chi connectivity index (χ0v) is 10.5. The van der Waals surface area contributed by atoms with Gasteiger partial charge in [-0.3, -0.25) is 4.79 Å². The van der Waals surface area contributed by atoms with Crippen LogP contribution in [0.15, 0.2) is 24.3 Å². The molecule has 98 valence electrons. The zero-order valence-electron chi connectivity index (χ0n) is 10.5. The predicted octanol–water partition coefficient (Wildman–Crippen LogP) is 1.50. The Morgan fingerprint density at radius 3 is 2.28 bits per heavy atom. The average Bonchev–Trinajstić information content (AvgIpc) is 2.28. The minimum absolute atomic E-state index is 0.192. The van der Waals surface area contributed by atoms with Gasteiger partial charge in [0.25, 0.3) is 5.91 Å². The van der Waals surface area contributed by atoms with E-state index in [1.165, 1.54) is 0 Å². The van der Waals surface area contributed by atoms with Gasteiger partial charge in [-0.25, -0.2) is 4.79 Å². The lowest BCUT2D eigenvalue weighted by molar-refractivity contribution is -0.139. The molecule has 0 bridgehead atoms. The number of nitrogens with two attached hydrogens (primary N) is 1. The molecule has 0 spiro atoms. The van der Waals surface area contributed by atoms with Crippen LogP contribution in [0.2, 0.25) is 0 Å². The molecule has 1 atom stereocenters. The van der Waals surface area contributed by atoms with Gasteiger partial charge in [0.2, 0.25) is 0 Å². The van der Waals surface area contributed by atoms with Crippen molar-refractivity contribution in [1.29, 1.82) is 0 Å². The highest BCUT2D eigenvalue weighted by Crippen LogP contribution is 2.08. The molecule has 0 aliphatic heterocycles. The fraction of sp³-hybridized carbons (Fsp3) is 0.385. The standard InChI is InChI=1S/C13H18N2O3/c1-8(2)7-11(13(17)18)15-12(16)9-3-5-10(14)6-4-9/h3-6,8,11H,7,14H2,1-2H3,(H,15,16)(H,17,18)/t11-/m0/s1. The summed E-state index contributed by atoms with van der Waals surface area (Å²) in [7, 11) is 0. The fourth-order valence-electron chi connectivity index (χ4n) is 1.57. The van der Waals surface area contributed by atoms with Crippen LogP contribution in [0.4, 0.5) is 5.69 Å². The predicted molar refractivity (Wildman–Crippen MR) is 69.2 cm³/mol. The summed E-state index contributed by atoms with van der Waals surface area (Å²) in [6.45, 7) is 3.82. The van der Waals surface area contributed by atoms with Crippen molar-refractivity contribution in [3.63, 3.8) is 0 Å². The Labute approximate surface area is 106 Å². The molecule has 0 saturated heterocycles. The molecule has 1 amide bonds. The van der Waals surface area contributed by atoms with Gasteiger partial charge < -0.3 is 16.2 Å². The third kappa shape index (κ3) is 4.08. The Balaban J connectivity index is 2.72. The monoisotopic (exact) mass is 250 g/mol. The van der Waals surface area contributed by atoms with Crippen molar-refractivity contribution in [3.05, 3.63) is 29.8 Å². The summed E-state index contributed by atoms with van der Waals surface area (Å²) in [4.78, 5) is 22.9. The maximum absolute atomic E-state index is 11.8. The number of carboxylic acid groups (broad SMARTS) is 1. The maximum Gasteiger partial charge on any atom is 0.326 e. The second-order valence-electron chi connectivity index (χ2n) is 4.62. The van der Waals surface area contributed by atoms with E-state index in [1.54, 1.807) is 24.3 Å². The first-order valence-electron chi connectivity index (χ1n) is 5.79. The molecule has 0 saturated carbocycles. The molecule has 1 aromatic carbocycles. The Bertz CT molecular complexity index is 426. The van der Waals surface area contributed by atoms with E-state index in [-0.39, 0.29) is 5.92 Å². The number of nitrogen functional groups attached to an aromatic ring is 1. The molecular formula is C13H18N2O3. The van der Waals surface area contributed by atoms with Crippen molar-refractivity contribution in [2.75, 3.05) is 5.73 Å². The van der Waals surface area contributed by atoms with E-state index < -0.39 is 17.9 Å². The van der Waals surface area contributed by atoms with Crippen molar-refractivity contribution in [3.8, 4) is 0 Å². The number of anilines is 1. The summed E-state index contributed by atoms with van der Waals surface area (Å²) in [6, 6.07) is 5.48. The molecule has 18 heavy (non-hydrogen) atoms. The number of carboxylic acids is 1. The van der Waals surface area contributed by atoms with Crippen molar-refractivity contribution in [2.45, 2.75) is 26.3 Å². The van der Waals surface area contributed by atoms with Crippen molar-refractivity contribution < 1.29 is 14.7 Å². The molecule has 5 nitrogen and oxygen atoms in total. The van der Waals surface area contributed by atoms with Crippen molar-refractivity contribution in [2.24, 2.45) is 5.92 Å².